The maximum Gasteiger partial charge on any atom is 0.335 e. The van der Waals surface area contributed by atoms with Crippen molar-refractivity contribution in [2.45, 2.75) is 9.99 Å². The van der Waals surface area contributed by atoms with Crippen LogP contribution in [-0.2, 0) is 9.59 Å². The number of aromatic carboxylic acids is 1. The van der Waals surface area contributed by atoms with E-state index in [9.17, 15) is 19.5 Å². The van der Waals surface area contributed by atoms with Gasteiger partial charge in [0.15, 0.2) is 10.2 Å². The molecule has 1 aliphatic rings. The van der Waals surface area contributed by atoms with Gasteiger partial charge in [-0.05, 0) is 60.8 Å². The summed E-state index contributed by atoms with van der Waals surface area (Å²) in [5.74, 6) is -2.15. The minimum absolute atomic E-state index is 0.0101. The quantitative estimate of drug-likeness (QED) is 0.345. The molecule has 3 aromatic rings. The van der Waals surface area contributed by atoms with Gasteiger partial charge in [-0.2, -0.15) is 0 Å². The molecule has 0 radical (unpaired) electrons. The molecule has 7 nitrogen and oxygen atoms in total. The van der Waals surface area contributed by atoms with Crippen molar-refractivity contribution in [2.75, 3.05) is 4.90 Å². The van der Waals surface area contributed by atoms with E-state index < -0.39 is 17.8 Å². The topological polar surface area (TPSA) is 99.9 Å². The Hall–Kier alpha value is -3.69. The fraction of sp³-hybridized carbons (Fsp3) is 0. The number of rotatable bonds is 5. The molecule has 4 rings (SSSR count). The lowest BCUT2D eigenvalue weighted by Gasteiger charge is -2.28. The number of thiocarbonyl (C=S) groups is 1. The van der Waals surface area contributed by atoms with Crippen LogP contribution in [0.4, 0.5) is 5.69 Å². The van der Waals surface area contributed by atoms with Gasteiger partial charge in [0, 0.05) is 4.90 Å². The van der Waals surface area contributed by atoms with E-state index in [1.807, 2.05) is 30.3 Å². The predicted octanol–water partition coefficient (Wildman–Crippen LogP) is 3.96. The number of carbonyl (C=O) groups is 3. The molecule has 2 heterocycles. The Kier molecular flexibility index (Phi) is 5.70. The summed E-state index contributed by atoms with van der Waals surface area (Å²) in [6.45, 7) is 0. The molecule has 0 spiro atoms. The van der Waals surface area contributed by atoms with E-state index in [1.54, 1.807) is 12.1 Å². The number of carbonyl (C=O) groups excluding carboxylic acids is 2. The average molecular weight is 450 g/mol. The summed E-state index contributed by atoms with van der Waals surface area (Å²) in [5, 5.41) is 12.1. The first kappa shape index (κ1) is 20.6. The molecule has 0 atom stereocenters. The third kappa shape index (κ3) is 4.42. The van der Waals surface area contributed by atoms with Gasteiger partial charge in [-0.15, -0.1) is 0 Å². The van der Waals surface area contributed by atoms with E-state index in [-0.39, 0.29) is 21.9 Å². The first-order chi connectivity index (χ1) is 14.9. The Bertz CT molecular complexity index is 1230. The van der Waals surface area contributed by atoms with Crippen LogP contribution in [0.2, 0.25) is 0 Å². The summed E-state index contributed by atoms with van der Waals surface area (Å²) in [6.07, 6.45) is 1.34. The zero-order valence-corrected chi connectivity index (χ0v) is 17.4. The number of nitrogens with zero attached hydrogens (tertiary/aromatic N) is 1. The standard InChI is InChI=1S/C22H14N2O5S2/c25-19-17(12-15-9-10-18(29-15)31-16-7-2-1-3-8-16)20(26)24(22(30)23-19)14-6-4-5-13(11-14)21(27)28/h1-12H,(H,27,28)(H,23,25,30). The van der Waals surface area contributed by atoms with E-state index in [0.717, 1.165) is 9.80 Å². The maximum absolute atomic E-state index is 13.0. The number of amides is 2. The summed E-state index contributed by atoms with van der Waals surface area (Å²) < 4.78 is 5.73. The lowest BCUT2D eigenvalue weighted by atomic mass is 10.1. The molecule has 0 saturated carbocycles. The third-order valence-corrected chi connectivity index (χ3v) is 5.52. The number of hydrogen-bond donors (Lipinski definition) is 2. The summed E-state index contributed by atoms with van der Waals surface area (Å²) in [5.41, 5.74) is 0.0460. The Morgan fingerprint density at radius 1 is 1.06 bits per heavy atom. The molecule has 0 unspecified atom stereocenters. The van der Waals surface area contributed by atoms with Crippen LogP contribution in [0.1, 0.15) is 16.1 Å². The van der Waals surface area contributed by atoms with Gasteiger partial charge < -0.3 is 9.52 Å². The summed E-state index contributed by atoms with van der Waals surface area (Å²) >= 11 is 6.54. The Morgan fingerprint density at radius 3 is 2.58 bits per heavy atom. The predicted molar refractivity (Wildman–Crippen MR) is 119 cm³/mol. The molecule has 31 heavy (non-hydrogen) atoms. The second-order valence-electron chi connectivity index (χ2n) is 6.39. The monoisotopic (exact) mass is 450 g/mol. The van der Waals surface area contributed by atoms with Crippen molar-refractivity contribution in [1.82, 2.24) is 5.32 Å². The number of anilines is 1. The Morgan fingerprint density at radius 2 is 1.84 bits per heavy atom. The van der Waals surface area contributed by atoms with Gasteiger partial charge in [0.25, 0.3) is 11.8 Å². The third-order valence-electron chi connectivity index (χ3n) is 4.30. The number of carboxylic acid groups (broad SMARTS) is 1. The molecule has 1 aromatic heterocycles. The Labute approximate surface area is 186 Å². The fourth-order valence-corrected chi connectivity index (χ4v) is 3.96. The van der Waals surface area contributed by atoms with E-state index in [1.165, 1.54) is 42.1 Å². The second kappa shape index (κ2) is 8.58. The van der Waals surface area contributed by atoms with E-state index >= 15 is 0 Å². The van der Waals surface area contributed by atoms with Crippen molar-refractivity contribution in [3.05, 3.63) is 83.6 Å². The zero-order chi connectivity index (χ0) is 22.0. The second-order valence-corrected chi connectivity index (χ2v) is 7.85. The fourth-order valence-electron chi connectivity index (χ4n) is 2.88. The number of nitrogens with one attached hydrogen (secondary N) is 1. The molecule has 2 amide bonds. The minimum Gasteiger partial charge on any atom is -0.478 e. The summed E-state index contributed by atoms with van der Waals surface area (Å²) in [4.78, 5) is 38.8. The van der Waals surface area contributed by atoms with Crippen LogP contribution in [-0.4, -0.2) is 28.0 Å². The molecule has 2 N–H and O–H groups in total. The van der Waals surface area contributed by atoms with Gasteiger partial charge in [-0.3, -0.25) is 19.8 Å². The summed E-state index contributed by atoms with van der Waals surface area (Å²) in [6, 6.07) is 18.7. The van der Waals surface area contributed by atoms with Crippen LogP contribution < -0.4 is 10.2 Å². The maximum atomic E-state index is 13.0. The van der Waals surface area contributed by atoms with E-state index in [0.29, 0.717) is 10.9 Å². The first-order valence-electron chi connectivity index (χ1n) is 9.00. The van der Waals surface area contributed by atoms with Gasteiger partial charge in [0.1, 0.15) is 11.3 Å². The first-order valence-corrected chi connectivity index (χ1v) is 10.2. The van der Waals surface area contributed by atoms with Crippen LogP contribution in [0.15, 0.2) is 86.7 Å². The highest BCUT2D eigenvalue weighted by Gasteiger charge is 2.35. The van der Waals surface area contributed by atoms with Crippen molar-refractivity contribution < 1.29 is 23.9 Å². The van der Waals surface area contributed by atoms with Crippen LogP contribution in [0, 0.1) is 0 Å². The highest BCUT2D eigenvalue weighted by molar-refractivity contribution is 7.99. The molecular formula is C22H14N2O5S2. The SMILES string of the molecule is O=C1NC(=S)N(c2cccc(C(=O)O)c2)C(=O)C1=Cc1ccc(Sc2ccccc2)o1. The largest absolute Gasteiger partial charge is 0.478 e. The van der Waals surface area contributed by atoms with Crippen molar-refractivity contribution in [3.8, 4) is 0 Å². The highest BCUT2D eigenvalue weighted by Crippen LogP contribution is 2.30. The van der Waals surface area contributed by atoms with Crippen LogP contribution >= 0.6 is 24.0 Å². The van der Waals surface area contributed by atoms with Crippen molar-refractivity contribution in [2.24, 2.45) is 0 Å². The molecule has 1 aliphatic heterocycles. The molecule has 1 saturated heterocycles. The van der Waals surface area contributed by atoms with Gasteiger partial charge >= 0.3 is 5.97 Å². The summed E-state index contributed by atoms with van der Waals surface area (Å²) in [7, 11) is 0. The Balaban J connectivity index is 1.62. The van der Waals surface area contributed by atoms with Gasteiger partial charge in [-0.1, -0.05) is 36.0 Å². The van der Waals surface area contributed by atoms with Crippen LogP contribution in [0.25, 0.3) is 6.08 Å². The van der Waals surface area contributed by atoms with Crippen molar-refractivity contribution in [3.63, 3.8) is 0 Å². The van der Waals surface area contributed by atoms with Crippen LogP contribution in [0.5, 0.6) is 0 Å². The van der Waals surface area contributed by atoms with Crippen molar-refractivity contribution in [1.29, 1.82) is 0 Å². The molecule has 0 bridgehead atoms. The minimum atomic E-state index is -1.14. The number of carboxylic acids is 1. The lowest BCUT2D eigenvalue weighted by Crippen LogP contribution is -2.54. The zero-order valence-electron chi connectivity index (χ0n) is 15.8. The smallest absolute Gasteiger partial charge is 0.335 e. The number of hydrogen-bond acceptors (Lipinski definition) is 6. The van der Waals surface area contributed by atoms with E-state index in [2.05, 4.69) is 5.32 Å². The molecule has 0 aliphatic carbocycles. The number of furan rings is 1. The normalized spacial score (nSPS) is 15.3. The number of benzene rings is 2. The van der Waals surface area contributed by atoms with Gasteiger partial charge in [-0.25, -0.2) is 4.79 Å². The molecule has 1 fully saturated rings. The molecule has 2 aromatic carbocycles. The average Bonchev–Trinajstić information content (AvgIpc) is 3.19. The van der Waals surface area contributed by atoms with Crippen LogP contribution in [0.3, 0.4) is 0 Å². The van der Waals surface area contributed by atoms with E-state index in [4.69, 9.17) is 16.6 Å². The van der Waals surface area contributed by atoms with Gasteiger partial charge in [0.05, 0.1) is 11.3 Å². The lowest BCUT2D eigenvalue weighted by molar-refractivity contribution is -0.122. The molecule has 154 valence electrons. The van der Waals surface area contributed by atoms with Crippen molar-refractivity contribution >= 4 is 58.6 Å². The molecular weight excluding hydrogens is 436 g/mol. The molecule has 9 heteroatoms. The van der Waals surface area contributed by atoms with Gasteiger partial charge in [0.2, 0.25) is 0 Å². The highest BCUT2D eigenvalue weighted by atomic mass is 32.2.